The SMILES string of the molecule is C=CC(=O)N(CCNc1nc(OCC2CCCN2C)nc2c1CCC1(CC(=O)c3ccsc3C1)C2)C(CC)CC#N. The summed E-state index contributed by atoms with van der Waals surface area (Å²) in [5.41, 5.74) is 2.78. The Balaban J connectivity index is 1.37. The zero-order valence-electron chi connectivity index (χ0n) is 24.2. The minimum Gasteiger partial charge on any atom is -0.462 e. The number of ketones is 1. The van der Waals surface area contributed by atoms with E-state index in [0.717, 1.165) is 61.3 Å². The fourth-order valence-electron chi connectivity index (χ4n) is 6.65. The van der Waals surface area contributed by atoms with Gasteiger partial charge in [-0.05, 0) is 81.5 Å². The van der Waals surface area contributed by atoms with Gasteiger partial charge in [0.15, 0.2) is 5.78 Å². The molecule has 0 aromatic carbocycles. The second kappa shape index (κ2) is 12.7. The molecule has 1 saturated heterocycles. The lowest BCUT2D eigenvalue weighted by Gasteiger charge is -2.40. The molecule has 10 heteroatoms. The van der Waals surface area contributed by atoms with Crippen molar-refractivity contribution >= 4 is 28.8 Å². The molecule has 41 heavy (non-hydrogen) atoms. The number of hydrogen-bond acceptors (Lipinski definition) is 9. The molecule has 3 unspecified atom stereocenters. The van der Waals surface area contributed by atoms with E-state index >= 15 is 0 Å². The lowest BCUT2D eigenvalue weighted by atomic mass is 9.65. The maximum absolute atomic E-state index is 13.0. The maximum atomic E-state index is 13.0. The maximum Gasteiger partial charge on any atom is 0.318 e. The van der Waals surface area contributed by atoms with Crippen LogP contribution >= 0.6 is 11.3 Å². The molecule has 1 N–H and O–H groups in total. The van der Waals surface area contributed by atoms with Gasteiger partial charge >= 0.3 is 6.01 Å². The summed E-state index contributed by atoms with van der Waals surface area (Å²) in [6, 6.07) is 4.69. The van der Waals surface area contributed by atoms with Crippen molar-refractivity contribution in [3.8, 4) is 12.1 Å². The number of rotatable bonds is 11. The third-order valence-electron chi connectivity index (χ3n) is 9.06. The lowest BCUT2D eigenvalue weighted by molar-refractivity contribution is -0.128. The summed E-state index contributed by atoms with van der Waals surface area (Å²) < 4.78 is 6.20. The summed E-state index contributed by atoms with van der Waals surface area (Å²) >= 11 is 1.68. The number of nitrogens with zero attached hydrogens (tertiary/aromatic N) is 5. The molecular weight excluding hydrogens is 536 g/mol. The number of hydrogen-bond donors (Lipinski definition) is 1. The van der Waals surface area contributed by atoms with E-state index in [4.69, 9.17) is 14.7 Å². The Hall–Kier alpha value is -3.29. The normalized spacial score (nSPS) is 22.5. The van der Waals surface area contributed by atoms with Gasteiger partial charge in [0.2, 0.25) is 5.91 Å². The van der Waals surface area contributed by atoms with E-state index < -0.39 is 0 Å². The number of carbonyl (C=O) groups excluding carboxylic acids is 2. The number of amides is 1. The number of likely N-dealkylation sites (tertiary alicyclic amines) is 1. The van der Waals surface area contributed by atoms with Crippen molar-refractivity contribution in [1.29, 1.82) is 5.26 Å². The lowest BCUT2D eigenvalue weighted by Crippen LogP contribution is -2.42. The van der Waals surface area contributed by atoms with Gasteiger partial charge in [-0.25, -0.2) is 0 Å². The van der Waals surface area contributed by atoms with Crippen molar-refractivity contribution < 1.29 is 14.3 Å². The largest absolute Gasteiger partial charge is 0.462 e. The van der Waals surface area contributed by atoms with Crippen LogP contribution in [-0.4, -0.2) is 76.8 Å². The van der Waals surface area contributed by atoms with Crippen LogP contribution in [0.4, 0.5) is 5.82 Å². The first-order valence-electron chi connectivity index (χ1n) is 14.7. The summed E-state index contributed by atoms with van der Waals surface area (Å²) in [6.45, 7) is 8.13. The molecule has 218 valence electrons. The molecule has 2 aromatic heterocycles. The van der Waals surface area contributed by atoms with Crippen LogP contribution in [0.5, 0.6) is 6.01 Å². The van der Waals surface area contributed by atoms with E-state index in [2.05, 4.69) is 29.9 Å². The van der Waals surface area contributed by atoms with E-state index in [1.165, 1.54) is 11.0 Å². The van der Waals surface area contributed by atoms with Gasteiger partial charge in [0, 0.05) is 47.6 Å². The second-order valence-corrected chi connectivity index (χ2v) is 12.7. The highest BCUT2D eigenvalue weighted by Crippen LogP contribution is 2.47. The summed E-state index contributed by atoms with van der Waals surface area (Å²) in [5, 5.41) is 14.8. The van der Waals surface area contributed by atoms with Gasteiger partial charge in [0.25, 0.3) is 0 Å². The van der Waals surface area contributed by atoms with Gasteiger partial charge in [-0.3, -0.25) is 9.59 Å². The molecule has 1 aliphatic heterocycles. The number of carbonyl (C=O) groups is 2. The number of nitriles is 1. The molecule has 5 rings (SSSR count). The number of thiophene rings is 1. The minimum atomic E-state index is -0.180. The highest BCUT2D eigenvalue weighted by atomic mass is 32.1. The number of fused-ring (bicyclic) bond motifs is 2. The first-order chi connectivity index (χ1) is 19.9. The average Bonchev–Trinajstić information content (AvgIpc) is 3.61. The Morgan fingerprint density at radius 3 is 3.00 bits per heavy atom. The predicted molar refractivity (Wildman–Crippen MR) is 159 cm³/mol. The van der Waals surface area contributed by atoms with Gasteiger partial charge in [-0.2, -0.15) is 15.2 Å². The fourth-order valence-corrected chi connectivity index (χ4v) is 7.72. The Morgan fingerprint density at radius 1 is 1.41 bits per heavy atom. The Labute approximate surface area is 246 Å². The van der Waals surface area contributed by atoms with Crippen LogP contribution in [0.25, 0.3) is 0 Å². The molecule has 0 bridgehead atoms. The number of nitrogens with one attached hydrogen (secondary N) is 1. The molecule has 2 aliphatic carbocycles. The van der Waals surface area contributed by atoms with Crippen LogP contribution in [0.15, 0.2) is 24.1 Å². The molecule has 2 aromatic rings. The third-order valence-corrected chi connectivity index (χ3v) is 9.98. The van der Waals surface area contributed by atoms with Gasteiger partial charge in [0.1, 0.15) is 12.4 Å². The van der Waals surface area contributed by atoms with Crippen molar-refractivity contribution in [3.05, 3.63) is 45.8 Å². The molecule has 1 amide bonds. The van der Waals surface area contributed by atoms with Crippen molar-refractivity contribution in [2.75, 3.05) is 38.6 Å². The van der Waals surface area contributed by atoms with Gasteiger partial charge < -0.3 is 19.9 Å². The molecule has 3 atom stereocenters. The third kappa shape index (κ3) is 6.31. The van der Waals surface area contributed by atoms with Crippen LogP contribution in [0.3, 0.4) is 0 Å². The van der Waals surface area contributed by atoms with Gasteiger partial charge in [-0.1, -0.05) is 13.5 Å². The zero-order chi connectivity index (χ0) is 29.0. The van der Waals surface area contributed by atoms with Crippen molar-refractivity contribution in [3.63, 3.8) is 0 Å². The highest BCUT2D eigenvalue weighted by molar-refractivity contribution is 7.10. The van der Waals surface area contributed by atoms with E-state index in [1.807, 2.05) is 18.4 Å². The van der Waals surface area contributed by atoms with Gasteiger partial charge in [-0.15, -0.1) is 11.3 Å². The first-order valence-corrected chi connectivity index (χ1v) is 15.6. The van der Waals surface area contributed by atoms with Gasteiger partial charge in [0.05, 0.1) is 18.2 Å². The molecular formula is C31H40N6O3S. The van der Waals surface area contributed by atoms with E-state index in [1.54, 1.807) is 16.2 Å². The summed E-state index contributed by atoms with van der Waals surface area (Å²) in [5.74, 6) is 0.789. The molecule has 1 spiro atoms. The summed E-state index contributed by atoms with van der Waals surface area (Å²) in [6.07, 6.45) is 8.36. The smallest absolute Gasteiger partial charge is 0.318 e. The Bertz CT molecular complexity index is 1340. The second-order valence-electron chi connectivity index (χ2n) is 11.7. The number of likely N-dealkylation sites (N-methyl/N-ethyl adjacent to an activating group) is 1. The van der Waals surface area contributed by atoms with E-state index in [0.29, 0.717) is 51.0 Å². The molecule has 0 saturated carbocycles. The molecule has 9 nitrogen and oxygen atoms in total. The average molecular weight is 577 g/mol. The number of anilines is 1. The molecule has 3 aliphatic rings. The van der Waals surface area contributed by atoms with Crippen molar-refractivity contribution in [2.45, 2.75) is 76.8 Å². The topological polar surface area (TPSA) is 111 Å². The first kappa shape index (κ1) is 29.2. The fraction of sp³-hybridized carbons (Fsp3) is 0.581. The molecule has 0 radical (unpaired) electrons. The Morgan fingerprint density at radius 2 is 2.27 bits per heavy atom. The van der Waals surface area contributed by atoms with E-state index in [9.17, 15) is 14.9 Å². The minimum absolute atomic E-state index is 0.130. The Kier molecular flexibility index (Phi) is 9.05. The predicted octanol–water partition coefficient (Wildman–Crippen LogP) is 4.43. The van der Waals surface area contributed by atoms with Crippen LogP contribution in [-0.2, 0) is 24.1 Å². The zero-order valence-corrected chi connectivity index (χ0v) is 25.0. The van der Waals surface area contributed by atoms with Crippen LogP contribution in [0.2, 0.25) is 0 Å². The molecule has 1 fully saturated rings. The summed E-state index contributed by atoms with van der Waals surface area (Å²) in [4.78, 5) is 40.6. The number of aromatic nitrogens is 2. The van der Waals surface area contributed by atoms with Crippen LogP contribution < -0.4 is 10.1 Å². The van der Waals surface area contributed by atoms with E-state index in [-0.39, 0.29) is 29.6 Å². The van der Waals surface area contributed by atoms with Crippen LogP contribution in [0.1, 0.15) is 71.9 Å². The van der Waals surface area contributed by atoms with Crippen LogP contribution in [0, 0.1) is 16.7 Å². The quantitative estimate of drug-likeness (QED) is 0.391. The monoisotopic (exact) mass is 576 g/mol. The van der Waals surface area contributed by atoms with Crippen molar-refractivity contribution in [2.24, 2.45) is 5.41 Å². The molecule has 3 heterocycles. The standard InChI is InChI=1S/C31H40N6O3S/c1-4-21(9-12-32)37(28(39)5-2)15-13-33-29-23-8-11-31(18-26(38)24-10-16-41-27(24)19-31)17-25(23)34-30(35-29)40-20-22-7-6-14-36(22)3/h5,10,16,21-22H,2,4,6-9,11,13-15,17-20H2,1,3H3,(H,33,34,35). The number of Topliss-reactive ketones (excluding diaryl/α,β-unsaturated/α-hetero) is 1. The van der Waals surface area contributed by atoms with Crippen molar-refractivity contribution in [1.82, 2.24) is 19.8 Å². The summed E-state index contributed by atoms with van der Waals surface area (Å²) in [7, 11) is 2.12. The highest BCUT2D eigenvalue weighted by Gasteiger charge is 2.43. The number of ether oxygens (including phenoxy) is 1.